The summed E-state index contributed by atoms with van der Waals surface area (Å²) in [7, 11) is -11.4. The van der Waals surface area contributed by atoms with Crippen molar-refractivity contribution in [1.82, 2.24) is 10.4 Å². The molecule has 45 heavy (non-hydrogen) atoms. The first-order valence-electron chi connectivity index (χ1n) is 18.6. The minimum atomic E-state index is -3.35. The Labute approximate surface area is 280 Å². The molecule has 3 aromatic carbocycles. The van der Waals surface area contributed by atoms with Gasteiger partial charge in [0.15, 0.2) is 17.2 Å². The minimum Gasteiger partial charge on any atom is -0.493 e. The molecule has 0 saturated heterocycles. The van der Waals surface area contributed by atoms with Crippen LogP contribution >= 0.6 is 11.6 Å². The number of hydroxylamine groups is 2. The van der Waals surface area contributed by atoms with Gasteiger partial charge in [-0.3, -0.25) is 24.0 Å². The van der Waals surface area contributed by atoms with Crippen molar-refractivity contribution in [3.05, 3.63) is 63.7 Å². The van der Waals surface area contributed by atoms with E-state index in [4.69, 9.17) is 50.5 Å². The first-order chi connectivity index (χ1) is 25.9. The lowest BCUT2D eigenvalue weighted by Crippen LogP contribution is -2.44. The Bertz CT molecular complexity index is 2010. The van der Waals surface area contributed by atoms with Crippen LogP contribution in [0.2, 0.25) is 5.02 Å². The molecule has 4 rings (SSSR count). The van der Waals surface area contributed by atoms with Gasteiger partial charge in [-0.25, -0.2) is 5.06 Å². The highest BCUT2D eigenvalue weighted by Crippen LogP contribution is 2.45. The molecule has 0 bridgehead atoms. The Morgan fingerprint density at radius 3 is 2.40 bits per heavy atom. The Kier molecular flexibility index (Phi) is 6.37. The maximum Gasteiger partial charge on any atom is 0.257 e. The number of nitrogens with zero attached hydrogens (tertiary/aromatic N) is 1. The van der Waals surface area contributed by atoms with Gasteiger partial charge in [0.1, 0.15) is 11.8 Å². The third-order valence-electron chi connectivity index (χ3n) is 6.43. The highest BCUT2D eigenvalue weighted by molar-refractivity contribution is 6.36. The molecule has 0 saturated carbocycles. The summed E-state index contributed by atoms with van der Waals surface area (Å²) in [5.74, 6) is -6.96. The predicted octanol–water partition coefficient (Wildman–Crippen LogP) is 4.49. The summed E-state index contributed by atoms with van der Waals surface area (Å²) in [4.78, 5) is 58.3. The molecule has 1 heterocycles. The third kappa shape index (κ3) is 7.05. The maximum atomic E-state index is 14.0. The van der Waals surface area contributed by atoms with Crippen LogP contribution in [-0.4, -0.2) is 70.0 Å². The van der Waals surface area contributed by atoms with Crippen LogP contribution < -0.4 is 34.9 Å². The largest absolute Gasteiger partial charge is 0.493 e. The van der Waals surface area contributed by atoms with E-state index >= 15 is 0 Å². The molecule has 1 aliphatic rings. The van der Waals surface area contributed by atoms with Crippen molar-refractivity contribution in [2.75, 3.05) is 45.9 Å². The number of hydrogen-bond acceptors (Lipinski definition) is 9. The lowest BCUT2D eigenvalue weighted by molar-refractivity contribution is -0.169. The molecular weight excluding hydrogens is 608 g/mol. The van der Waals surface area contributed by atoms with Gasteiger partial charge < -0.3 is 34.9 Å². The molecule has 3 aromatic rings. The number of fused-ring (bicyclic) bond motifs is 1. The summed E-state index contributed by atoms with van der Waals surface area (Å²) in [5, 5.41) is 7.04. The van der Waals surface area contributed by atoms with Gasteiger partial charge in [0.2, 0.25) is 17.6 Å². The fourth-order valence-electron chi connectivity index (χ4n) is 4.40. The third-order valence-corrected chi connectivity index (χ3v) is 6.80. The second-order valence-electron chi connectivity index (χ2n) is 9.59. The fraction of sp³-hybridized carbons (Fsp3) is 0.290. The van der Waals surface area contributed by atoms with Crippen molar-refractivity contribution >= 4 is 46.6 Å². The molecule has 238 valence electrons. The Morgan fingerprint density at radius 2 is 1.71 bits per heavy atom. The van der Waals surface area contributed by atoms with Crippen molar-refractivity contribution in [2.24, 2.45) is 0 Å². The van der Waals surface area contributed by atoms with Crippen LogP contribution in [0.1, 0.15) is 53.3 Å². The van der Waals surface area contributed by atoms with Crippen molar-refractivity contribution in [2.45, 2.75) is 26.3 Å². The molecule has 1 atom stereocenters. The van der Waals surface area contributed by atoms with E-state index in [-0.39, 0.29) is 28.4 Å². The van der Waals surface area contributed by atoms with Gasteiger partial charge in [0, 0.05) is 8.39 Å². The standard InChI is InChI=1S/C31H33ClN4O9/c1-15-8-16(2)10-17(9-15)45-23-11-18-20(33-31(40)22(35-29(18)38)14-25(37)36(3)44-7)13-21(23)34-30(39)19-12-24(41-4)27(42-5)28(43-6)26(19)32/h8-13,22H,14H2,1-7H3,(H,33,40)(H,34,39)(H,35,38)/t22-/m0/s1/i3D,4D3,5D3,6D3,7D. The number of halogens is 1. The lowest BCUT2D eigenvalue weighted by Gasteiger charge is -2.18. The number of carbonyl (C=O) groups excluding carboxylic acids is 4. The average molecular weight is 652 g/mol. The molecule has 0 unspecified atom stereocenters. The molecule has 0 aromatic heterocycles. The number of rotatable bonds is 10. The lowest BCUT2D eigenvalue weighted by atomic mass is 10.1. The zero-order valence-corrected chi connectivity index (χ0v) is 24.4. The van der Waals surface area contributed by atoms with E-state index in [2.05, 4.69) is 16.0 Å². The summed E-state index contributed by atoms with van der Waals surface area (Å²) < 4.78 is 103. The van der Waals surface area contributed by atoms with Crippen LogP contribution in [0.3, 0.4) is 0 Å². The zero-order valence-electron chi connectivity index (χ0n) is 34.7. The van der Waals surface area contributed by atoms with Gasteiger partial charge in [-0.05, 0) is 55.3 Å². The van der Waals surface area contributed by atoms with Crippen molar-refractivity contribution < 1.29 is 58.0 Å². The van der Waals surface area contributed by atoms with Crippen molar-refractivity contribution in [3.8, 4) is 28.7 Å². The monoisotopic (exact) mass is 651 g/mol. The van der Waals surface area contributed by atoms with Crippen LogP contribution in [0.25, 0.3) is 0 Å². The predicted molar refractivity (Wildman–Crippen MR) is 166 cm³/mol. The maximum absolute atomic E-state index is 14.0. The molecule has 0 spiro atoms. The number of aryl methyl sites for hydroxylation is 2. The van der Waals surface area contributed by atoms with Gasteiger partial charge >= 0.3 is 0 Å². The number of ether oxygens (including phenoxy) is 4. The zero-order chi connectivity index (χ0) is 41.9. The summed E-state index contributed by atoms with van der Waals surface area (Å²) in [5.41, 5.74) is 0.166. The van der Waals surface area contributed by atoms with Gasteiger partial charge in [-0.15, -0.1) is 0 Å². The molecule has 13 nitrogen and oxygen atoms in total. The Hall–Kier alpha value is -5.01. The minimum absolute atomic E-state index is 0.198. The van der Waals surface area contributed by atoms with E-state index in [9.17, 15) is 19.2 Å². The normalized spacial score (nSPS) is 18.3. The van der Waals surface area contributed by atoms with Gasteiger partial charge in [0.25, 0.3) is 11.8 Å². The topological polar surface area (TPSA) is 154 Å². The number of benzene rings is 3. The van der Waals surface area contributed by atoms with E-state index < -0.39 is 99.1 Å². The van der Waals surface area contributed by atoms with Gasteiger partial charge in [-0.2, -0.15) is 0 Å². The molecule has 0 aliphatic carbocycles. The summed E-state index contributed by atoms with van der Waals surface area (Å²) >= 11 is 6.44. The number of hydrogen-bond donors (Lipinski definition) is 3. The quantitative estimate of drug-likeness (QED) is 0.269. The number of anilines is 2. The van der Waals surface area contributed by atoms with Crippen LogP contribution in [0.5, 0.6) is 28.7 Å². The second-order valence-corrected chi connectivity index (χ2v) is 9.97. The second kappa shape index (κ2) is 13.7. The summed E-state index contributed by atoms with van der Waals surface area (Å²) in [6, 6.07) is 6.55. The Morgan fingerprint density at radius 1 is 0.978 bits per heavy atom. The molecule has 1 aliphatic heterocycles. The first kappa shape index (κ1) is 20.9. The molecule has 0 fully saturated rings. The smallest absolute Gasteiger partial charge is 0.257 e. The summed E-state index contributed by atoms with van der Waals surface area (Å²) in [6.07, 6.45) is -0.665. The van der Waals surface area contributed by atoms with E-state index in [1.807, 2.05) is 6.07 Å². The van der Waals surface area contributed by atoms with Crippen molar-refractivity contribution in [1.29, 1.82) is 0 Å². The molecule has 14 heteroatoms. The van der Waals surface area contributed by atoms with E-state index in [0.717, 1.165) is 23.3 Å². The number of nitrogens with one attached hydrogen (secondary N) is 3. The fourth-order valence-corrected chi connectivity index (χ4v) is 4.66. The van der Waals surface area contributed by atoms with Crippen LogP contribution in [0.15, 0.2) is 36.4 Å². The van der Waals surface area contributed by atoms with E-state index in [0.29, 0.717) is 11.1 Å². The van der Waals surface area contributed by atoms with Gasteiger partial charge in [0.05, 0.1) is 75.9 Å². The highest BCUT2D eigenvalue weighted by Gasteiger charge is 2.32. The van der Waals surface area contributed by atoms with Crippen LogP contribution in [0, 0.1) is 13.8 Å². The first-order valence-corrected chi connectivity index (χ1v) is 13.1. The summed E-state index contributed by atoms with van der Waals surface area (Å²) in [6.45, 7) is 3.56. The van der Waals surface area contributed by atoms with Crippen LogP contribution in [0.4, 0.5) is 11.4 Å². The SMILES string of the molecule is [2H]CON(C[2H])C(=O)C[C@@H]1NC(=O)c2cc(Oc3cc(C)cc(C)c3)c(NC(=O)c3cc(OC([2H])([2H])[2H])c(OC([2H])([2H])[2H])c(OC([2H])([2H])[2H])c3Cl)cc2NC1=O. The molecule has 4 amide bonds. The number of carbonyl (C=O) groups is 4. The molecule has 3 N–H and O–H groups in total. The Balaban J connectivity index is 1.86. The van der Waals surface area contributed by atoms with Gasteiger partial charge in [-0.1, -0.05) is 17.7 Å². The van der Waals surface area contributed by atoms with E-state index in [1.165, 1.54) is 0 Å². The van der Waals surface area contributed by atoms with E-state index in [1.54, 1.807) is 26.0 Å². The average Bonchev–Trinajstić information content (AvgIpc) is 3.15. The highest BCUT2D eigenvalue weighted by atomic mass is 35.5. The number of amides is 4. The molecular formula is C31H33ClN4O9. The molecule has 0 radical (unpaired) electrons. The van der Waals surface area contributed by atoms with Crippen molar-refractivity contribution in [3.63, 3.8) is 0 Å². The van der Waals surface area contributed by atoms with Crippen LogP contribution in [-0.2, 0) is 14.4 Å². The number of methoxy groups -OCH3 is 3.